The molecule has 0 radical (unpaired) electrons. The average molecular weight is 310 g/mol. The van der Waals surface area contributed by atoms with Crippen LogP contribution in [-0.4, -0.2) is 62.5 Å². The summed E-state index contributed by atoms with van der Waals surface area (Å²) in [6, 6.07) is 3.61. The lowest BCUT2D eigenvalue weighted by atomic mass is 10.3. The summed E-state index contributed by atoms with van der Waals surface area (Å²) in [5.41, 5.74) is 0. The Hall–Kier alpha value is -1.44. The molecule has 0 aromatic carbocycles. The van der Waals surface area contributed by atoms with Gasteiger partial charge in [0.25, 0.3) is 5.91 Å². The summed E-state index contributed by atoms with van der Waals surface area (Å²) in [6.07, 6.45) is 0.318. The third-order valence-corrected chi connectivity index (χ3v) is 4.21. The molecule has 1 aliphatic heterocycles. The molecule has 2 amide bonds. The standard InChI is InChI=1S/C14H22N4O2S/c19-13(16-7-10-18-8-5-15-6-9-18)3-4-17-14(20)12-2-1-11-21-12/h1-2,11,15H,3-10H2,(H,16,19)(H,17,20). The number of carbonyl (C=O) groups is 2. The molecule has 6 nitrogen and oxygen atoms in total. The van der Waals surface area contributed by atoms with Crippen molar-refractivity contribution >= 4 is 23.2 Å². The Bertz CT molecular complexity index is 444. The molecular formula is C14H22N4O2S. The molecule has 3 N–H and O–H groups in total. The number of hydrogen-bond donors (Lipinski definition) is 3. The van der Waals surface area contributed by atoms with E-state index in [1.807, 2.05) is 11.4 Å². The lowest BCUT2D eigenvalue weighted by Gasteiger charge is -2.27. The van der Waals surface area contributed by atoms with Gasteiger partial charge in [-0.25, -0.2) is 0 Å². The highest BCUT2D eigenvalue weighted by atomic mass is 32.1. The maximum atomic E-state index is 11.7. The summed E-state index contributed by atoms with van der Waals surface area (Å²) in [4.78, 5) is 26.3. The first-order chi connectivity index (χ1) is 10.3. The summed E-state index contributed by atoms with van der Waals surface area (Å²) in [6.45, 7) is 6.02. The quantitative estimate of drug-likeness (QED) is 0.657. The largest absolute Gasteiger partial charge is 0.355 e. The third-order valence-electron chi connectivity index (χ3n) is 3.34. The highest BCUT2D eigenvalue weighted by molar-refractivity contribution is 7.12. The number of hydrogen-bond acceptors (Lipinski definition) is 5. The molecule has 0 bridgehead atoms. The summed E-state index contributed by atoms with van der Waals surface area (Å²) < 4.78 is 0. The lowest BCUT2D eigenvalue weighted by molar-refractivity contribution is -0.121. The van der Waals surface area contributed by atoms with Crippen LogP contribution >= 0.6 is 11.3 Å². The molecule has 0 saturated carbocycles. The van der Waals surface area contributed by atoms with Crippen LogP contribution in [0, 0.1) is 0 Å². The fourth-order valence-electron chi connectivity index (χ4n) is 2.16. The minimum atomic E-state index is -0.112. The zero-order valence-electron chi connectivity index (χ0n) is 12.1. The van der Waals surface area contributed by atoms with E-state index in [1.165, 1.54) is 11.3 Å². The van der Waals surface area contributed by atoms with E-state index in [2.05, 4.69) is 20.9 Å². The fraction of sp³-hybridized carbons (Fsp3) is 0.571. The minimum absolute atomic E-state index is 0.0170. The number of nitrogens with one attached hydrogen (secondary N) is 3. The normalized spacial score (nSPS) is 15.6. The number of thiophene rings is 1. The van der Waals surface area contributed by atoms with Crippen molar-refractivity contribution < 1.29 is 9.59 Å². The van der Waals surface area contributed by atoms with E-state index < -0.39 is 0 Å². The number of piperazine rings is 1. The lowest BCUT2D eigenvalue weighted by Crippen LogP contribution is -2.46. The van der Waals surface area contributed by atoms with Crippen LogP contribution in [0.5, 0.6) is 0 Å². The SMILES string of the molecule is O=C(CCNC(=O)c1cccs1)NCCN1CCNCC1. The van der Waals surface area contributed by atoms with E-state index in [-0.39, 0.29) is 11.8 Å². The van der Waals surface area contributed by atoms with Gasteiger partial charge >= 0.3 is 0 Å². The molecule has 1 aliphatic rings. The van der Waals surface area contributed by atoms with Crippen LogP contribution in [0.4, 0.5) is 0 Å². The highest BCUT2D eigenvalue weighted by Crippen LogP contribution is 2.07. The van der Waals surface area contributed by atoms with Crippen molar-refractivity contribution in [1.82, 2.24) is 20.9 Å². The van der Waals surface area contributed by atoms with E-state index in [4.69, 9.17) is 0 Å². The molecule has 7 heteroatoms. The van der Waals surface area contributed by atoms with Gasteiger partial charge in [-0.15, -0.1) is 11.3 Å². The Morgan fingerprint density at radius 1 is 1.24 bits per heavy atom. The van der Waals surface area contributed by atoms with Gasteiger partial charge in [0.1, 0.15) is 0 Å². The highest BCUT2D eigenvalue weighted by Gasteiger charge is 2.10. The van der Waals surface area contributed by atoms with Crippen molar-refractivity contribution in [3.8, 4) is 0 Å². The Balaban J connectivity index is 1.52. The molecule has 0 unspecified atom stereocenters. The molecule has 0 atom stereocenters. The number of rotatable bonds is 7. The van der Waals surface area contributed by atoms with Gasteiger partial charge in [-0.2, -0.15) is 0 Å². The van der Waals surface area contributed by atoms with Crippen LogP contribution in [0.2, 0.25) is 0 Å². The van der Waals surface area contributed by atoms with Gasteiger partial charge in [0.15, 0.2) is 0 Å². The van der Waals surface area contributed by atoms with Gasteiger partial charge in [-0.05, 0) is 11.4 Å². The van der Waals surface area contributed by atoms with Crippen LogP contribution < -0.4 is 16.0 Å². The third kappa shape index (κ3) is 5.82. The Kier molecular flexibility index (Phi) is 6.65. The first-order valence-corrected chi connectivity index (χ1v) is 8.15. The van der Waals surface area contributed by atoms with E-state index in [1.54, 1.807) is 6.07 Å². The zero-order chi connectivity index (χ0) is 14.9. The summed E-state index contributed by atoms with van der Waals surface area (Å²) in [5.74, 6) is -0.129. The number of nitrogens with zero attached hydrogens (tertiary/aromatic N) is 1. The Labute approximate surface area is 128 Å². The maximum absolute atomic E-state index is 11.7. The van der Waals surface area contributed by atoms with Crippen LogP contribution in [0.1, 0.15) is 16.1 Å². The van der Waals surface area contributed by atoms with Crippen molar-refractivity contribution in [2.24, 2.45) is 0 Å². The number of amides is 2. The van der Waals surface area contributed by atoms with Crippen molar-refractivity contribution in [3.05, 3.63) is 22.4 Å². The van der Waals surface area contributed by atoms with Crippen molar-refractivity contribution in [2.45, 2.75) is 6.42 Å². The summed E-state index contributed by atoms with van der Waals surface area (Å²) in [5, 5.41) is 10.8. The summed E-state index contributed by atoms with van der Waals surface area (Å²) >= 11 is 1.40. The molecule has 1 fully saturated rings. The van der Waals surface area contributed by atoms with Crippen LogP contribution in [0.25, 0.3) is 0 Å². The van der Waals surface area contributed by atoms with Crippen LogP contribution in [0.15, 0.2) is 17.5 Å². The zero-order valence-corrected chi connectivity index (χ0v) is 12.9. The first-order valence-electron chi connectivity index (χ1n) is 7.27. The van der Waals surface area contributed by atoms with Crippen molar-refractivity contribution in [3.63, 3.8) is 0 Å². The van der Waals surface area contributed by atoms with Gasteiger partial charge in [0, 0.05) is 52.2 Å². The van der Waals surface area contributed by atoms with Crippen molar-refractivity contribution in [2.75, 3.05) is 45.8 Å². The van der Waals surface area contributed by atoms with Gasteiger partial charge in [0.2, 0.25) is 5.91 Å². The molecule has 2 heterocycles. The van der Waals surface area contributed by atoms with E-state index in [0.717, 1.165) is 32.7 Å². The molecular weight excluding hydrogens is 288 g/mol. The van der Waals surface area contributed by atoms with E-state index >= 15 is 0 Å². The maximum Gasteiger partial charge on any atom is 0.261 e. The van der Waals surface area contributed by atoms with Gasteiger partial charge in [-0.1, -0.05) is 6.07 Å². The molecule has 1 saturated heterocycles. The van der Waals surface area contributed by atoms with Gasteiger partial charge in [-0.3, -0.25) is 14.5 Å². The second-order valence-corrected chi connectivity index (χ2v) is 5.87. The van der Waals surface area contributed by atoms with E-state index in [0.29, 0.717) is 24.4 Å². The number of carbonyl (C=O) groups excluding carboxylic acids is 2. The molecule has 116 valence electrons. The van der Waals surface area contributed by atoms with Gasteiger partial charge in [0.05, 0.1) is 4.88 Å². The van der Waals surface area contributed by atoms with Crippen LogP contribution in [-0.2, 0) is 4.79 Å². The van der Waals surface area contributed by atoms with Gasteiger partial charge < -0.3 is 16.0 Å². The second-order valence-electron chi connectivity index (χ2n) is 4.92. The second kappa shape index (κ2) is 8.76. The molecule has 1 aromatic rings. The minimum Gasteiger partial charge on any atom is -0.355 e. The Morgan fingerprint density at radius 2 is 2.05 bits per heavy atom. The fourth-order valence-corrected chi connectivity index (χ4v) is 2.80. The monoisotopic (exact) mass is 310 g/mol. The molecule has 0 aliphatic carbocycles. The molecule has 2 rings (SSSR count). The topological polar surface area (TPSA) is 73.5 Å². The Morgan fingerprint density at radius 3 is 2.76 bits per heavy atom. The predicted molar refractivity (Wildman–Crippen MR) is 83.6 cm³/mol. The first kappa shape index (κ1) is 15.9. The van der Waals surface area contributed by atoms with Crippen molar-refractivity contribution in [1.29, 1.82) is 0 Å². The average Bonchev–Trinajstić information content (AvgIpc) is 3.02. The van der Waals surface area contributed by atoms with Crippen LogP contribution in [0.3, 0.4) is 0 Å². The molecule has 0 spiro atoms. The predicted octanol–water partition coefficient (Wildman–Crippen LogP) is -0.111. The van der Waals surface area contributed by atoms with E-state index in [9.17, 15) is 9.59 Å². The molecule has 1 aromatic heterocycles. The smallest absolute Gasteiger partial charge is 0.261 e. The summed E-state index contributed by atoms with van der Waals surface area (Å²) in [7, 11) is 0. The molecule has 21 heavy (non-hydrogen) atoms.